The standard InChI is InChI=1S/C12H19F3N4O2S/c1-9-11(6-16-18(9)2)22(20,21)17-10-4-3-5-19(7-10)8-12(13,14)15/h6,10,17H,3-5,7-8H2,1-2H3/t10-/m0/s1. The van der Waals surface area contributed by atoms with Crippen molar-refractivity contribution >= 4 is 10.0 Å². The zero-order valence-corrected chi connectivity index (χ0v) is 13.2. The number of piperidine rings is 1. The fourth-order valence-electron chi connectivity index (χ4n) is 2.57. The van der Waals surface area contributed by atoms with Crippen LogP contribution in [0.5, 0.6) is 0 Å². The Labute approximate surface area is 127 Å². The number of rotatable bonds is 4. The Morgan fingerprint density at radius 3 is 2.68 bits per heavy atom. The Balaban J connectivity index is 2.05. The SMILES string of the molecule is Cc1c(S(=O)(=O)N[C@H]2CCCN(CC(F)(F)F)C2)cnn1C. The molecular formula is C12H19F3N4O2S. The summed E-state index contributed by atoms with van der Waals surface area (Å²) in [4.78, 5) is 1.29. The molecule has 1 atom stereocenters. The molecule has 126 valence electrons. The fraction of sp³-hybridized carbons (Fsp3) is 0.750. The van der Waals surface area contributed by atoms with Gasteiger partial charge < -0.3 is 0 Å². The van der Waals surface area contributed by atoms with Crippen LogP contribution in [0, 0.1) is 6.92 Å². The molecule has 0 aliphatic carbocycles. The quantitative estimate of drug-likeness (QED) is 0.889. The number of aryl methyl sites for hydroxylation is 1. The van der Waals surface area contributed by atoms with Crippen LogP contribution in [0.2, 0.25) is 0 Å². The van der Waals surface area contributed by atoms with Crippen molar-refractivity contribution in [1.82, 2.24) is 19.4 Å². The van der Waals surface area contributed by atoms with Gasteiger partial charge in [0.1, 0.15) is 4.90 Å². The van der Waals surface area contributed by atoms with Gasteiger partial charge in [-0.2, -0.15) is 18.3 Å². The van der Waals surface area contributed by atoms with Crippen LogP contribution >= 0.6 is 0 Å². The predicted octanol–water partition coefficient (Wildman–Crippen LogP) is 1.03. The van der Waals surface area contributed by atoms with Gasteiger partial charge in [-0.1, -0.05) is 0 Å². The molecule has 1 N–H and O–H groups in total. The van der Waals surface area contributed by atoms with Crippen LogP contribution < -0.4 is 4.72 Å². The van der Waals surface area contributed by atoms with E-state index >= 15 is 0 Å². The van der Waals surface area contributed by atoms with Crippen LogP contribution in [0.15, 0.2) is 11.1 Å². The normalized spacial score (nSPS) is 21.2. The molecule has 0 saturated carbocycles. The van der Waals surface area contributed by atoms with Crippen molar-refractivity contribution in [1.29, 1.82) is 0 Å². The van der Waals surface area contributed by atoms with E-state index in [1.807, 2.05) is 0 Å². The summed E-state index contributed by atoms with van der Waals surface area (Å²) in [6.45, 7) is 0.983. The van der Waals surface area contributed by atoms with Gasteiger partial charge in [-0.15, -0.1) is 0 Å². The average Bonchev–Trinajstić information content (AvgIpc) is 2.68. The third-order valence-electron chi connectivity index (χ3n) is 3.71. The lowest BCUT2D eigenvalue weighted by atomic mass is 10.1. The molecule has 0 bridgehead atoms. The van der Waals surface area contributed by atoms with E-state index in [-0.39, 0.29) is 11.4 Å². The third-order valence-corrected chi connectivity index (χ3v) is 5.33. The Kier molecular flexibility index (Phi) is 4.83. The number of nitrogens with one attached hydrogen (secondary N) is 1. The molecule has 1 aliphatic rings. The maximum Gasteiger partial charge on any atom is 0.401 e. The highest BCUT2D eigenvalue weighted by Gasteiger charge is 2.34. The minimum absolute atomic E-state index is 0.0536. The molecule has 2 heterocycles. The number of aromatic nitrogens is 2. The molecule has 0 aromatic carbocycles. The highest BCUT2D eigenvalue weighted by Crippen LogP contribution is 2.21. The molecule has 1 fully saturated rings. The minimum Gasteiger partial charge on any atom is -0.293 e. The molecule has 1 aromatic rings. The van der Waals surface area contributed by atoms with E-state index in [0.29, 0.717) is 25.1 Å². The molecule has 6 nitrogen and oxygen atoms in total. The Bertz CT molecular complexity index is 627. The Morgan fingerprint density at radius 1 is 1.45 bits per heavy atom. The van der Waals surface area contributed by atoms with Gasteiger partial charge in [0.2, 0.25) is 10.0 Å². The van der Waals surface area contributed by atoms with Crippen LogP contribution in [0.1, 0.15) is 18.5 Å². The van der Waals surface area contributed by atoms with Gasteiger partial charge in [-0.05, 0) is 26.3 Å². The zero-order valence-electron chi connectivity index (χ0n) is 12.4. The summed E-state index contributed by atoms with van der Waals surface area (Å²) in [5.41, 5.74) is 0.482. The van der Waals surface area contributed by atoms with Gasteiger partial charge >= 0.3 is 6.18 Å². The summed E-state index contributed by atoms with van der Waals surface area (Å²) < 4.78 is 65.9. The van der Waals surface area contributed by atoms with E-state index in [2.05, 4.69) is 9.82 Å². The molecule has 0 radical (unpaired) electrons. The summed E-state index contributed by atoms with van der Waals surface area (Å²) in [6, 6.07) is -0.527. The number of alkyl halides is 3. The van der Waals surface area contributed by atoms with E-state index in [9.17, 15) is 21.6 Å². The molecule has 22 heavy (non-hydrogen) atoms. The molecule has 0 unspecified atom stereocenters. The highest BCUT2D eigenvalue weighted by atomic mass is 32.2. The first-order chi connectivity index (χ1) is 10.1. The molecule has 0 spiro atoms. The summed E-state index contributed by atoms with van der Waals surface area (Å²) in [5, 5.41) is 3.88. The molecule has 10 heteroatoms. The summed E-state index contributed by atoms with van der Waals surface area (Å²) in [5.74, 6) is 0. The first kappa shape index (κ1) is 17.2. The average molecular weight is 340 g/mol. The van der Waals surface area contributed by atoms with E-state index in [1.54, 1.807) is 14.0 Å². The van der Waals surface area contributed by atoms with Crippen molar-refractivity contribution in [2.75, 3.05) is 19.6 Å². The van der Waals surface area contributed by atoms with Crippen LogP contribution in [-0.2, 0) is 17.1 Å². The van der Waals surface area contributed by atoms with Gasteiger partial charge in [0.25, 0.3) is 0 Å². The number of hydrogen-bond donors (Lipinski definition) is 1. The molecule has 1 aromatic heterocycles. The van der Waals surface area contributed by atoms with E-state index in [4.69, 9.17) is 0 Å². The molecule has 2 rings (SSSR count). The summed E-state index contributed by atoms with van der Waals surface area (Å²) in [6.07, 6.45) is -1.99. The van der Waals surface area contributed by atoms with E-state index < -0.39 is 28.8 Å². The summed E-state index contributed by atoms with van der Waals surface area (Å²) >= 11 is 0. The summed E-state index contributed by atoms with van der Waals surface area (Å²) in [7, 11) is -2.15. The van der Waals surface area contributed by atoms with Gasteiger partial charge in [-0.3, -0.25) is 9.58 Å². The largest absolute Gasteiger partial charge is 0.401 e. The minimum atomic E-state index is -4.28. The Morgan fingerprint density at radius 2 is 2.14 bits per heavy atom. The lowest BCUT2D eigenvalue weighted by Gasteiger charge is -2.33. The number of halogens is 3. The second-order valence-electron chi connectivity index (χ2n) is 5.53. The van der Waals surface area contributed by atoms with Gasteiger partial charge in [0.15, 0.2) is 0 Å². The second-order valence-corrected chi connectivity index (χ2v) is 7.21. The highest BCUT2D eigenvalue weighted by molar-refractivity contribution is 7.89. The third kappa shape index (κ3) is 4.20. The van der Waals surface area contributed by atoms with Gasteiger partial charge in [-0.25, -0.2) is 13.1 Å². The molecule has 0 amide bonds. The van der Waals surface area contributed by atoms with Crippen LogP contribution in [0.25, 0.3) is 0 Å². The number of nitrogens with zero attached hydrogens (tertiary/aromatic N) is 3. The molecular weight excluding hydrogens is 321 g/mol. The van der Waals surface area contributed by atoms with Crippen LogP contribution in [0.3, 0.4) is 0 Å². The monoisotopic (exact) mass is 340 g/mol. The maximum absolute atomic E-state index is 12.4. The van der Waals surface area contributed by atoms with Crippen molar-refractivity contribution < 1.29 is 21.6 Å². The van der Waals surface area contributed by atoms with E-state index in [0.717, 1.165) is 0 Å². The van der Waals surface area contributed by atoms with Crippen molar-refractivity contribution in [3.8, 4) is 0 Å². The van der Waals surface area contributed by atoms with Gasteiger partial charge in [0.05, 0.1) is 18.4 Å². The Hall–Kier alpha value is -1.13. The lowest BCUT2D eigenvalue weighted by molar-refractivity contribution is -0.148. The van der Waals surface area contributed by atoms with Crippen molar-refractivity contribution in [3.05, 3.63) is 11.9 Å². The van der Waals surface area contributed by atoms with Crippen molar-refractivity contribution in [2.45, 2.75) is 36.9 Å². The zero-order chi connectivity index (χ0) is 16.5. The number of hydrogen-bond acceptors (Lipinski definition) is 4. The predicted molar refractivity (Wildman–Crippen MR) is 73.8 cm³/mol. The smallest absolute Gasteiger partial charge is 0.293 e. The molecule has 1 aliphatic heterocycles. The van der Waals surface area contributed by atoms with Gasteiger partial charge in [0, 0.05) is 19.6 Å². The first-order valence-corrected chi connectivity index (χ1v) is 8.37. The number of sulfonamides is 1. The van der Waals surface area contributed by atoms with Crippen LogP contribution in [0.4, 0.5) is 13.2 Å². The van der Waals surface area contributed by atoms with E-state index in [1.165, 1.54) is 15.8 Å². The lowest BCUT2D eigenvalue weighted by Crippen LogP contribution is -2.49. The van der Waals surface area contributed by atoms with Crippen molar-refractivity contribution in [2.24, 2.45) is 7.05 Å². The van der Waals surface area contributed by atoms with Crippen LogP contribution in [-0.4, -0.2) is 55.0 Å². The maximum atomic E-state index is 12.4. The second kappa shape index (κ2) is 6.17. The first-order valence-electron chi connectivity index (χ1n) is 6.88. The number of likely N-dealkylation sites (tertiary alicyclic amines) is 1. The fourth-order valence-corrected chi connectivity index (χ4v) is 4.04. The van der Waals surface area contributed by atoms with Crippen molar-refractivity contribution in [3.63, 3.8) is 0 Å². The molecule has 1 saturated heterocycles. The topological polar surface area (TPSA) is 67.2 Å².